The summed E-state index contributed by atoms with van der Waals surface area (Å²) in [6.45, 7) is 2.00. The largest absolute Gasteiger partial charge is 0.389 e. The zero-order valence-electron chi connectivity index (χ0n) is 16.2. The third kappa shape index (κ3) is 3.53. The van der Waals surface area contributed by atoms with E-state index in [9.17, 15) is 22.8 Å². The Balaban J connectivity index is 1.83. The van der Waals surface area contributed by atoms with Crippen molar-refractivity contribution in [3.63, 3.8) is 0 Å². The topological polar surface area (TPSA) is 55.8 Å². The van der Waals surface area contributed by atoms with Crippen LogP contribution in [0.5, 0.6) is 0 Å². The molecule has 0 saturated heterocycles. The highest BCUT2D eigenvalue weighted by atomic mass is 19.4. The minimum Gasteiger partial charge on any atom is -0.284 e. The van der Waals surface area contributed by atoms with Crippen LogP contribution in [0.4, 0.5) is 13.2 Å². The summed E-state index contributed by atoms with van der Waals surface area (Å²) in [5, 5.41) is 0. The van der Waals surface area contributed by atoms with Crippen molar-refractivity contribution in [2.75, 3.05) is 0 Å². The van der Waals surface area contributed by atoms with Gasteiger partial charge in [-0.1, -0.05) is 30.3 Å². The fraction of sp³-hybridized carbons (Fsp3) is 0.273. The number of benzene rings is 1. The van der Waals surface area contributed by atoms with Gasteiger partial charge in [0.25, 0.3) is 5.82 Å². The normalized spacial score (nSPS) is 13.3. The van der Waals surface area contributed by atoms with Gasteiger partial charge in [-0.3, -0.25) is 14.6 Å². The molecule has 0 unspecified atom stereocenters. The monoisotopic (exact) mass is 414 g/mol. The van der Waals surface area contributed by atoms with Crippen molar-refractivity contribution in [2.24, 2.45) is 0 Å². The number of aromatic nitrogens is 3. The lowest BCUT2D eigenvalue weighted by atomic mass is 9.90. The highest BCUT2D eigenvalue weighted by Gasteiger charge is 2.43. The van der Waals surface area contributed by atoms with Gasteiger partial charge >= 0.3 is 6.18 Å². The SMILES string of the molecule is Cc1n(CCCC(F)(F)F)c2c([n+]1Cc1cccnc1)C(=O)c1ccccc1C2=O. The van der Waals surface area contributed by atoms with Gasteiger partial charge in [-0.15, -0.1) is 0 Å². The number of rotatable bonds is 5. The molecule has 0 bridgehead atoms. The van der Waals surface area contributed by atoms with E-state index in [0.29, 0.717) is 11.4 Å². The third-order valence-electron chi connectivity index (χ3n) is 5.30. The molecule has 30 heavy (non-hydrogen) atoms. The minimum absolute atomic E-state index is 0.00506. The van der Waals surface area contributed by atoms with E-state index >= 15 is 0 Å². The van der Waals surface area contributed by atoms with E-state index in [-0.39, 0.29) is 48.0 Å². The second-order valence-corrected chi connectivity index (χ2v) is 7.27. The number of halogens is 3. The van der Waals surface area contributed by atoms with Crippen molar-refractivity contribution in [3.8, 4) is 0 Å². The molecule has 0 N–H and O–H groups in total. The lowest BCUT2D eigenvalue weighted by molar-refractivity contribution is -0.695. The Hall–Kier alpha value is -3.29. The van der Waals surface area contributed by atoms with E-state index in [1.807, 2.05) is 6.07 Å². The predicted molar refractivity (Wildman–Crippen MR) is 101 cm³/mol. The number of imidazole rings is 1. The van der Waals surface area contributed by atoms with Gasteiger partial charge in [-0.05, 0) is 12.5 Å². The molecule has 2 aromatic heterocycles. The quantitative estimate of drug-likeness (QED) is 0.469. The summed E-state index contributed by atoms with van der Waals surface area (Å²) < 4.78 is 41.3. The molecular weight excluding hydrogens is 395 g/mol. The maximum Gasteiger partial charge on any atom is 0.389 e. The van der Waals surface area contributed by atoms with E-state index in [1.54, 1.807) is 58.8 Å². The van der Waals surface area contributed by atoms with Gasteiger partial charge in [-0.25, -0.2) is 9.13 Å². The van der Waals surface area contributed by atoms with Crippen LogP contribution in [0.1, 0.15) is 56.3 Å². The zero-order chi connectivity index (χ0) is 21.5. The molecule has 0 aliphatic heterocycles. The number of pyridine rings is 1. The summed E-state index contributed by atoms with van der Waals surface area (Å²) in [5.74, 6) is -0.0949. The first-order valence-corrected chi connectivity index (χ1v) is 9.55. The number of carbonyl (C=O) groups is 2. The van der Waals surface area contributed by atoms with Gasteiger partial charge in [0.15, 0.2) is 0 Å². The van der Waals surface area contributed by atoms with Crippen molar-refractivity contribution >= 4 is 11.6 Å². The summed E-state index contributed by atoms with van der Waals surface area (Å²) in [4.78, 5) is 30.6. The number of nitrogens with zero attached hydrogens (tertiary/aromatic N) is 3. The number of hydrogen-bond donors (Lipinski definition) is 0. The number of hydrogen-bond acceptors (Lipinski definition) is 3. The van der Waals surface area contributed by atoms with Gasteiger partial charge in [0, 0.05) is 42.4 Å². The molecule has 2 heterocycles. The lowest BCUT2D eigenvalue weighted by Crippen LogP contribution is -2.43. The molecule has 0 amide bonds. The molecule has 5 nitrogen and oxygen atoms in total. The van der Waals surface area contributed by atoms with Gasteiger partial charge in [0.05, 0.1) is 6.54 Å². The highest BCUT2D eigenvalue weighted by Crippen LogP contribution is 2.28. The average Bonchev–Trinajstić information content (AvgIpc) is 2.98. The van der Waals surface area contributed by atoms with Gasteiger partial charge < -0.3 is 0 Å². The Bertz CT molecular complexity index is 1130. The molecule has 8 heteroatoms. The molecule has 0 atom stereocenters. The standard InChI is InChI=1S/C22H19F3N3O2/c1-14-27(11-5-9-22(23,24)25)18-19(28(14)13-15-6-4-10-26-12-15)21(30)17-8-3-2-7-16(17)20(18)29/h2-4,6-8,10,12H,5,9,11,13H2,1H3/q+1. The molecule has 0 saturated carbocycles. The summed E-state index contributed by atoms with van der Waals surface area (Å²) in [6.07, 6.45) is -2.13. The first-order chi connectivity index (χ1) is 14.3. The van der Waals surface area contributed by atoms with Crippen LogP contribution in [0.2, 0.25) is 0 Å². The van der Waals surface area contributed by atoms with Crippen molar-refractivity contribution in [2.45, 2.75) is 39.0 Å². The zero-order valence-corrected chi connectivity index (χ0v) is 16.2. The molecular formula is C22H19F3N3O2+. The van der Waals surface area contributed by atoms with Crippen LogP contribution in [0.25, 0.3) is 0 Å². The molecule has 0 spiro atoms. The van der Waals surface area contributed by atoms with E-state index in [1.165, 1.54) is 0 Å². The van der Waals surface area contributed by atoms with E-state index in [0.717, 1.165) is 5.56 Å². The predicted octanol–water partition coefficient (Wildman–Crippen LogP) is 3.65. The van der Waals surface area contributed by atoms with Crippen LogP contribution >= 0.6 is 0 Å². The Kier molecular flexibility index (Phi) is 5.01. The fourth-order valence-corrected chi connectivity index (χ4v) is 3.90. The van der Waals surface area contributed by atoms with Crippen molar-refractivity contribution in [1.82, 2.24) is 9.55 Å². The summed E-state index contributed by atoms with van der Waals surface area (Å²) in [5.41, 5.74) is 1.77. The maximum atomic E-state index is 13.3. The van der Waals surface area contributed by atoms with E-state index in [2.05, 4.69) is 4.98 Å². The second kappa shape index (κ2) is 7.51. The van der Waals surface area contributed by atoms with Crippen molar-refractivity contribution in [1.29, 1.82) is 0 Å². The van der Waals surface area contributed by atoms with Crippen LogP contribution in [0.15, 0.2) is 48.8 Å². The average molecular weight is 414 g/mol. The molecule has 0 fully saturated rings. The number of carbonyl (C=O) groups excluding carboxylic acids is 2. The van der Waals surface area contributed by atoms with Gasteiger partial charge in [-0.2, -0.15) is 13.2 Å². The summed E-state index contributed by atoms with van der Waals surface area (Å²) in [6, 6.07) is 10.1. The van der Waals surface area contributed by atoms with Crippen molar-refractivity contribution in [3.05, 3.63) is 82.7 Å². The molecule has 3 aromatic rings. The first kappa shape index (κ1) is 20.0. The van der Waals surface area contributed by atoms with E-state index in [4.69, 9.17) is 0 Å². The Morgan fingerprint density at radius 3 is 2.37 bits per heavy atom. The molecule has 1 aliphatic carbocycles. The third-order valence-corrected chi connectivity index (χ3v) is 5.30. The summed E-state index contributed by atoms with van der Waals surface area (Å²) >= 11 is 0. The van der Waals surface area contributed by atoms with E-state index < -0.39 is 12.6 Å². The highest BCUT2D eigenvalue weighted by molar-refractivity contribution is 6.26. The molecule has 154 valence electrons. The van der Waals surface area contributed by atoms with Gasteiger partial charge in [0.2, 0.25) is 23.0 Å². The summed E-state index contributed by atoms with van der Waals surface area (Å²) in [7, 11) is 0. The number of ketones is 2. The number of alkyl halides is 3. The van der Waals surface area contributed by atoms with Crippen LogP contribution in [-0.4, -0.2) is 27.3 Å². The lowest BCUT2D eigenvalue weighted by Gasteiger charge is -2.13. The molecule has 1 aliphatic rings. The Morgan fingerprint density at radius 1 is 1.03 bits per heavy atom. The number of fused-ring (bicyclic) bond motifs is 2. The smallest absolute Gasteiger partial charge is 0.284 e. The second-order valence-electron chi connectivity index (χ2n) is 7.27. The maximum absolute atomic E-state index is 13.3. The molecule has 4 rings (SSSR count). The molecule has 0 radical (unpaired) electrons. The van der Waals surface area contributed by atoms with Crippen LogP contribution in [0.3, 0.4) is 0 Å². The molecule has 1 aromatic carbocycles. The van der Waals surface area contributed by atoms with Crippen LogP contribution < -0.4 is 4.57 Å². The minimum atomic E-state index is -4.28. The Morgan fingerprint density at radius 2 is 1.73 bits per heavy atom. The van der Waals surface area contributed by atoms with Crippen LogP contribution in [0, 0.1) is 6.92 Å². The van der Waals surface area contributed by atoms with Crippen molar-refractivity contribution < 1.29 is 27.3 Å². The van der Waals surface area contributed by atoms with Crippen LogP contribution in [-0.2, 0) is 13.1 Å². The fourth-order valence-electron chi connectivity index (χ4n) is 3.90. The Labute approximate surface area is 170 Å². The van der Waals surface area contributed by atoms with Gasteiger partial charge in [0.1, 0.15) is 6.54 Å². The first-order valence-electron chi connectivity index (χ1n) is 9.55.